The Morgan fingerprint density at radius 2 is 2.11 bits per heavy atom. The van der Waals surface area contributed by atoms with Gasteiger partial charge in [-0.2, -0.15) is 0 Å². The molecule has 7 nitrogen and oxygen atoms in total. The Morgan fingerprint density at radius 1 is 1.32 bits per heavy atom. The first-order chi connectivity index (χ1) is 13.6. The van der Waals surface area contributed by atoms with Crippen LogP contribution in [0.3, 0.4) is 0 Å². The third-order valence-corrected chi connectivity index (χ3v) is 5.47. The second-order valence-corrected chi connectivity index (χ2v) is 7.47. The van der Waals surface area contributed by atoms with Crippen LogP contribution in [0.25, 0.3) is 0 Å². The number of aliphatic hydroxyl groups excluding tert-OH is 1. The van der Waals surface area contributed by atoms with Crippen LogP contribution in [0, 0.1) is 0 Å². The van der Waals surface area contributed by atoms with Gasteiger partial charge < -0.3 is 20.2 Å². The molecule has 0 aliphatic carbocycles. The van der Waals surface area contributed by atoms with Gasteiger partial charge in [0.2, 0.25) is 5.91 Å². The predicted molar refractivity (Wildman–Crippen MR) is 107 cm³/mol. The number of nitrogens with one attached hydrogen (secondary N) is 1. The molecule has 0 radical (unpaired) electrons. The molecule has 8 heteroatoms. The number of rotatable bonds is 4. The highest BCUT2D eigenvalue weighted by Crippen LogP contribution is 2.31. The Kier molecular flexibility index (Phi) is 5.19. The molecule has 2 aliphatic heterocycles. The van der Waals surface area contributed by atoms with E-state index in [1.165, 1.54) is 6.20 Å². The van der Waals surface area contributed by atoms with Crippen molar-refractivity contribution < 1.29 is 14.7 Å². The number of halogens is 1. The van der Waals surface area contributed by atoms with Crippen molar-refractivity contribution in [3.8, 4) is 0 Å². The molecular formula is C20H21ClN4O3. The van der Waals surface area contributed by atoms with Crippen molar-refractivity contribution in [2.24, 2.45) is 0 Å². The fraction of sp³-hybridized carbons (Fsp3) is 0.350. The van der Waals surface area contributed by atoms with E-state index in [9.17, 15) is 14.7 Å². The van der Waals surface area contributed by atoms with E-state index in [2.05, 4.69) is 10.3 Å². The number of likely N-dealkylation sites (tertiary alicyclic amines) is 1. The zero-order chi connectivity index (χ0) is 19.7. The summed E-state index contributed by atoms with van der Waals surface area (Å²) in [5, 5.41) is 13.1. The molecule has 2 aliphatic rings. The number of hydrogen-bond donors (Lipinski definition) is 2. The van der Waals surface area contributed by atoms with Crippen molar-refractivity contribution in [3.05, 3.63) is 52.7 Å². The standard InChI is InChI=1S/C20H21ClN4O3/c21-15-5-3-13(4-6-15)11-25-17-8-14(9-22-19(17)23-10-18(25)27)20(28)24-7-1-2-16(24)12-26/h3-6,8-9,16,26H,1-2,7,10-12H2,(H,22,23)/t16-/m1/s1. The van der Waals surface area contributed by atoms with Crippen LogP contribution >= 0.6 is 11.6 Å². The average molecular weight is 401 g/mol. The smallest absolute Gasteiger partial charge is 0.255 e. The molecule has 0 spiro atoms. The summed E-state index contributed by atoms with van der Waals surface area (Å²) >= 11 is 5.95. The summed E-state index contributed by atoms with van der Waals surface area (Å²) < 4.78 is 0. The highest BCUT2D eigenvalue weighted by molar-refractivity contribution is 6.30. The van der Waals surface area contributed by atoms with E-state index in [4.69, 9.17) is 11.6 Å². The van der Waals surface area contributed by atoms with Crippen LogP contribution in [-0.2, 0) is 11.3 Å². The summed E-state index contributed by atoms with van der Waals surface area (Å²) in [7, 11) is 0. The molecule has 1 aromatic carbocycles. The Bertz CT molecular complexity index is 903. The number of fused-ring (bicyclic) bond motifs is 1. The van der Waals surface area contributed by atoms with E-state index in [0.29, 0.717) is 35.2 Å². The largest absolute Gasteiger partial charge is 0.394 e. The van der Waals surface area contributed by atoms with Crippen LogP contribution in [0.5, 0.6) is 0 Å². The number of aromatic nitrogens is 1. The van der Waals surface area contributed by atoms with E-state index in [-0.39, 0.29) is 31.0 Å². The van der Waals surface area contributed by atoms with Crippen LogP contribution in [0.15, 0.2) is 36.5 Å². The van der Waals surface area contributed by atoms with Gasteiger partial charge in [0.25, 0.3) is 5.91 Å². The number of anilines is 2. The van der Waals surface area contributed by atoms with Gasteiger partial charge in [0.05, 0.1) is 37.0 Å². The second kappa shape index (κ2) is 7.77. The lowest BCUT2D eigenvalue weighted by Crippen LogP contribution is -2.41. The molecule has 146 valence electrons. The van der Waals surface area contributed by atoms with E-state index in [1.807, 2.05) is 12.1 Å². The van der Waals surface area contributed by atoms with Crippen molar-refractivity contribution in [2.45, 2.75) is 25.4 Å². The Hall–Kier alpha value is -2.64. The number of carbonyl (C=O) groups is 2. The number of carbonyl (C=O) groups excluding carboxylic acids is 2. The minimum absolute atomic E-state index is 0.0488. The molecule has 1 fully saturated rings. The number of amides is 2. The molecule has 1 aromatic heterocycles. The molecule has 1 atom stereocenters. The summed E-state index contributed by atoms with van der Waals surface area (Å²) in [6.07, 6.45) is 3.19. The average Bonchev–Trinajstić information content (AvgIpc) is 3.19. The molecule has 4 rings (SSSR count). The van der Waals surface area contributed by atoms with Gasteiger partial charge in [-0.25, -0.2) is 4.98 Å². The van der Waals surface area contributed by atoms with Crippen molar-refractivity contribution in [2.75, 3.05) is 29.9 Å². The zero-order valence-corrected chi connectivity index (χ0v) is 16.0. The highest BCUT2D eigenvalue weighted by atomic mass is 35.5. The number of pyridine rings is 1. The molecular weight excluding hydrogens is 380 g/mol. The number of hydrogen-bond acceptors (Lipinski definition) is 5. The molecule has 28 heavy (non-hydrogen) atoms. The van der Waals surface area contributed by atoms with Gasteiger partial charge in [-0.05, 0) is 36.6 Å². The van der Waals surface area contributed by atoms with Crippen LogP contribution in [0.4, 0.5) is 11.5 Å². The van der Waals surface area contributed by atoms with Crippen LogP contribution in [-0.4, -0.2) is 52.5 Å². The molecule has 0 bridgehead atoms. The fourth-order valence-electron chi connectivity index (χ4n) is 3.71. The summed E-state index contributed by atoms with van der Waals surface area (Å²) in [4.78, 5) is 33.2. The monoisotopic (exact) mass is 400 g/mol. The van der Waals surface area contributed by atoms with E-state index in [1.54, 1.807) is 28.0 Å². The maximum absolute atomic E-state index is 12.9. The SMILES string of the molecule is O=C1CNc2ncc(C(=O)N3CCC[C@@H]3CO)cc2N1Cc1ccc(Cl)cc1. The molecule has 3 heterocycles. The van der Waals surface area contributed by atoms with Gasteiger partial charge in [-0.15, -0.1) is 0 Å². The van der Waals surface area contributed by atoms with E-state index < -0.39 is 0 Å². The fourth-order valence-corrected chi connectivity index (χ4v) is 3.83. The van der Waals surface area contributed by atoms with Crippen LogP contribution in [0.2, 0.25) is 5.02 Å². The predicted octanol–water partition coefficient (Wildman–Crippen LogP) is 2.29. The minimum Gasteiger partial charge on any atom is -0.394 e. The minimum atomic E-state index is -0.170. The van der Waals surface area contributed by atoms with Crippen molar-refractivity contribution >= 4 is 34.9 Å². The van der Waals surface area contributed by atoms with Crippen LogP contribution in [0.1, 0.15) is 28.8 Å². The quantitative estimate of drug-likeness (QED) is 0.822. The van der Waals surface area contributed by atoms with Gasteiger partial charge in [0.1, 0.15) is 0 Å². The highest BCUT2D eigenvalue weighted by Gasteiger charge is 2.31. The molecule has 2 N–H and O–H groups in total. The lowest BCUT2D eigenvalue weighted by molar-refractivity contribution is -0.117. The lowest BCUT2D eigenvalue weighted by atomic mass is 10.1. The van der Waals surface area contributed by atoms with Crippen LogP contribution < -0.4 is 10.2 Å². The molecule has 1 saturated heterocycles. The normalized spacial score (nSPS) is 18.8. The Labute approximate surface area is 167 Å². The number of aliphatic hydroxyl groups is 1. The number of nitrogens with zero attached hydrogens (tertiary/aromatic N) is 3. The van der Waals surface area contributed by atoms with Gasteiger partial charge in [0.15, 0.2) is 5.82 Å². The third-order valence-electron chi connectivity index (χ3n) is 5.22. The third kappa shape index (κ3) is 3.55. The first-order valence-corrected chi connectivity index (χ1v) is 9.65. The van der Waals surface area contributed by atoms with Crippen molar-refractivity contribution in [3.63, 3.8) is 0 Å². The van der Waals surface area contributed by atoms with Gasteiger partial charge in [-0.1, -0.05) is 23.7 Å². The second-order valence-electron chi connectivity index (χ2n) is 7.03. The molecule has 2 amide bonds. The molecule has 0 unspecified atom stereocenters. The van der Waals surface area contributed by atoms with Gasteiger partial charge >= 0.3 is 0 Å². The maximum atomic E-state index is 12.9. The Balaban J connectivity index is 1.63. The van der Waals surface area contributed by atoms with Crippen molar-refractivity contribution in [1.82, 2.24) is 9.88 Å². The topological polar surface area (TPSA) is 85.8 Å². The van der Waals surface area contributed by atoms with E-state index in [0.717, 1.165) is 18.4 Å². The first kappa shape index (κ1) is 18.7. The molecule has 0 saturated carbocycles. The molecule has 2 aromatic rings. The lowest BCUT2D eigenvalue weighted by Gasteiger charge is -2.30. The van der Waals surface area contributed by atoms with E-state index >= 15 is 0 Å². The maximum Gasteiger partial charge on any atom is 0.255 e. The first-order valence-electron chi connectivity index (χ1n) is 9.27. The Morgan fingerprint density at radius 3 is 2.86 bits per heavy atom. The number of benzene rings is 1. The zero-order valence-electron chi connectivity index (χ0n) is 15.3. The van der Waals surface area contributed by atoms with Crippen molar-refractivity contribution in [1.29, 1.82) is 0 Å². The van der Waals surface area contributed by atoms with Gasteiger partial charge in [-0.3, -0.25) is 9.59 Å². The summed E-state index contributed by atoms with van der Waals surface area (Å²) in [5.41, 5.74) is 1.93. The summed E-state index contributed by atoms with van der Waals surface area (Å²) in [6.45, 7) is 1.09. The summed E-state index contributed by atoms with van der Waals surface area (Å²) in [6, 6.07) is 8.85. The summed E-state index contributed by atoms with van der Waals surface area (Å²) in [5.74, 6) is 0.310. The van der Waals surface area contributed by atoms with Gasteiger partial charge in [0, 0.05) is 17.8 Å².